The number of fused-ring (bicyclic) bond motifs is 3. The highest BCUT2D eigenvalue weighted by Gasteiger charge is 2.64. The van der Waals surface area contributed by atoms with E-state index >= 15 is 0 Å². The first-order valence-electron chi connectivity index (χ1n) is 14.3. The lowest BCUT2D eigenvalue weighted by Gasteiger charge is -2.50. The fraction of sp³-hybridized carbons (Fsp3) is 0.375. The number of ketones is 2. The van der Waals surface area contributed by atoms with Gasteiger partial charge in [-0.1, -0.05) is 59.8 Å². The van der Waals surface area contributed by atoms with E-state index in [2.05, 4.69) is 27.9 Å². The third-order valence-corrected chi connectivity index (χ3v) is 9.11. The molecule has 5 atom stereocenters. The second kappa shape index (κ2) is 12.1. The highest BCUT2D eigenvalue weighted by molar-refractivity contribution is 14.1. The molecule has 3 aliphatic rings. The molecule has 3 aliphatic carbocycles. The van der Waals surface area contributed by atoms with Crippen LogP contribution in [0.5, 0.6) is 5.75 Å². The number of nitrogens with one attached hydrogen (secondary N) is 1. The van der Waals surface area contributed by atoms with Crippen molar-refractivity contribution < 1.29 is 44.3 Å². The Bertz CT molecular complexity index is 1660. The van der Waals surface area contributed by atoms with Gasteiger partial charge in [0.25, 0.3) is 5.91 Å². The number of ether oxygens (including phenoxy) is 1. The van der Waals surface area contributed by atoms with Crippen LogP contribution in [0, 0.1) is 11.8 Å². The number of phenols is 1. The Kier molecular flexibility index (Phi) is 8.72. The quantitative estimate of drug-likeness (QED) is 0.140. The topological polar surface area (TPSA) is 200 Å². The van der Waals surface area contributed by atoms with Crippen LogP contribution in [0.3, 0.4) is 0 Å². The number of carbonyl (C=O) groups is 4. The molecule has 0 aromatic heterocycles. The number of hydrogen-bond donors (Lipinski definition) is 6. The Morgan fingerprint density at radius 3 is 2.40 bits per heavy atom. The summed E-state index contributed by atoms with van der Waals surface area (Å²) in [5.74, 6) is -6.96. The van der Waals surface area contributed by atoms with Crippen molar-refractivity contribution in [1.82, 2.24) is 10.2 Å². The first-order valence-corrected chi connectivity index (χ1v) is 15.6. The van der Waals surface area contributed by atoms with E-state index in [0.29, 0.717) is 17.7 Å². The predicted molar refractivity (Wildman–Crippen MR) is 171 cm³/mol. The lowest BCUT2D eigenvalue weighted by molar-refractivity contribution is -0.153. The summed E-state index contributed by atoms with van der Waals surface area (Å²) in [5, 5.41) is 47.8. The minimum Gasteiger partial charge on any atom is -0.508 e. The van der Waals surface area contributed by atoms with Crippen molar-refractivity contribution in [2.45, 2.75) is 41.9 Å². The molecule has 0 bridgehead atoms. The van der Waals surface area contributed by atoms with Crippen LogP contribution in [0.1, 0.15) is 30.0 Å². The van der Waals surface area contributed by atoms with Crippen LogP contribution in [0.2, 0.25) is 0 Å². The number of benzene rings is 2. The zero-order chi connectivity index (χ0) is 33.0. The summed E-state index contributed by atoms with van der Waals surface area (Å²) in [4.78, 5) is 52.9. The third-order valence-electron chi connectivity index (χ3n) is 8.75. The van der Waals surface area contributed by atoms with E-state index < -0.39 is 64.1 Å². The normalized spacial score (nSPS) is 25.0. The lowest BCUT2D eigenvalue weighted by Crippen LogP contribution is -2.65. The smallest absolute Gasteiger partial charge is 0.407 e. The first kappa shape index (κ1) is 32.4. The number of alkyl halides is 1. The van der Waals surface area contributed by atoms with Crippen molar-refractivity contribution in [3.05, 3.63) is 70.0 Å². The zero-order valence-corrected chi connectivity index (χ0v) is 27.0. The van der Waals surface area contributed by atoms with Gasteiger partial charge in [0.15, 0.2) is 11.4 Å². The molecule has 2 aromatic carbocycles. The maximum Gasteiger partial charge on any atom is 0.407 e. The highest BCUT2D eigenvalue weighted by atomic mass is 127. The van der Waals surface area contributed by atoms with Gasteiger partial charge in [-0.2, -0.15) is 0 Å². The van der Waals surface area contributed by atoms with E-state index in [1.165, 1.54) is 11.0 Å². The van der Waals surface area contributed by atoms with Crippen molar-refractivity contribution in [3.8, 4) is 16.9 Å². The number of aliphatic hydroxyl groups excluding tert-OH is 2. The number of halogens is 1. The minimum atomic E-state index is -2.69. The van der Waals surface area contributed by atoms with Gasteiger partial charge in [-0.05, 0) is 61.2 Å². The molecule has 1 fully saturated rings. The number of alkyl carbamates (subject to hydrolysis) is 1. The third kappa shape index (κ3) is 5.46. The number of likely N-dealkylation sites (N-methyl/N-ethyl adjacent to an activating group) is 1. The van der Waals surface area contributed by atoms with Crippen molar-refractivity contribution >= 4 is 51.9 Å². The van der Waals surface area contributed by atoms with Crippen LogP contribution in [-0.4, -0.2) is 85.2 Å². The molecule has 238 valence electrons. The Morgan fingerprint density at radius 1 is 1.13 bits per heavy atom. The van der Waals surface area contributed by atoms with Gasteiger partial charge in [0.1, 0.15) is 29.4 Å². The Labute approximate surface area is 272 Å². The Morgan fingerprint density at radius 2 is 1.80 bits per heavy atom. The molecule has 7 N–H and O–H groups in total. The maximum atomic E-state index is 14.0. The van der Waals surface area contributed by atoms with E-state index in [9.17, 15) is 39.6 Å². The number of Topliss-reactive ketones (excluding diaryl/α,β-unsaturated/α-hetero) is 2. The average molecular weight is 732 g/mol. The number of aromatic hydroxyl groups is 1. The largest absolute Gasteiger partial charge is 0.508 e. The van der Waals surface area contributed by atoms with E-state index in [0.717, 1.165) is 11.1 Å². The molecule has 13 heteroatoms. The van der Waals surface area contributed by atoms with Crippen molar-refractivity contribution in [3.63, 3.8) is 0 Å². The van der Waals surface area contributed by atoms with Gasteiger partial charge < -0.3 is 36.2 Å². The molecule has 0 heterocycles. The number of rotatable bonds is 7. The van der Waals surface area contributed by atoms with Crippen molar-refractivity contribution in [1.29, 1.82) is 0 Å². The Hall–Kier alpha value is -3.95. The number of nitrogens with two attached hydrogens (primary N) is 1. The highest BCUT2D eigenvalue weighted by Crippen LogP contribution is 2.53. The molecule has 0 radical (unpaired) electrons. The summed E-state index contributed by atoms with van der Waals surface area (Å²) in [5.41, 5.74) is 4.43. The SMILES string of the molecule is CC(I)COC(=O)NCc1ccc(-c2ccc(O)c3c2CC2CC4C(N(C)C)C(=O)C(C(N)=O)=C(O)C4(O)C(=O)C2=C3O)cc1. The fourth-order valence-electron chi connectivity index (χ4n) is 6.73. The number of primary amides is 1. The summed E-state index contributed by atoms with van der Waals surface area (Å²) < 4.78 is 5.32. The van der Waals surface area contributed by atoms with Gasteiger partial charge in [0.2, 0.25) is 5.78 Å². The van der Waals surface area contributed by atoms with Gasteiger partial charge in [0.05, 0.1) is 11.6 Å². The molecule has 0 aliphatic heterocycles. The zero-order valence-electron chi connectivity index (χ0n) is 24.8. The van der Waals surface area contributed by atoms with E-state index in [-0.39, 0.29) is 40.2 Å². The second-order valence-electron chi connectivity index (χ2n) is 11.9. The van der Waals surface area contributed by atoms with Gasteiger partial charge in [-0.3, -0.25) is 19.3 Å². The van der Waals surface area contributed by atoms with Crippen molar-refractivity contribution in [2.24, 2.45) is 17.6 Å². The molecule has 0 spiro atoms. The molecule has 1 saturated carbocycles. The van der Waals surface area contributed by atoms with Crippen LogP contribution in [0.25, 0.3) is 16.9 Å². The predicted octanol–water partition coefficient (Wildman–Crippen LogP) is 2.68. The molecule has 2 amide bonds. The van der Waals surface area contributed by atoms with Crippen LogP contribution in [-0.2, 0) is 32.1 Å². The fourth-order valence-corrected chi connectivity index (χ4v) is 6.91. The summed E-state index contributed by atoms with van der Waals surface area (Å²) in [6.45, 7) is 2.47. The van der Waals surface area contributed by atoms with Gasteiger partial charge in [-0.25, -0.2) is 4.79 Å². The van der Waals surface area contributed by atoms with Gasteiger partial charge in [-0.15, -0.1) is 0 Å². The average Bonchev–Trinajstić information content (AvgIpc) is 2.97. The monoisotopic (exact) mass is 731 g/mol. The van der Waals surface area contributed by atoms with Crippen LogP contribution in [0.15, 0.2) is 53.3 Å². The summed E-state index contributed by atoms with van der Waals surface area (Å²) >= 11 is 2.16. The van der Waals surface area contributed by atoms with Gasteiger partial charge in [0, 0.05) is 22.0 Å². The number of aliphatic hydroxyl groups is 3. The van der Waals surface area contributed by atoms with Crippen molar-refractivity contribution in [2.75, 3.05) is 20.7 Å². The van der Waals surface area contributed by atoms with Crippen LogP contribution < -0.4 is 11.1 Å². The molecule has 2 aromatic rings. The molecule has 45 heavy (non-hydrogen) atoms. The number of nitrogens with zero attached hydrogens (tertiary/aromatic N) is 1. The number of phenolic OH excluding ortho intramolecular Hbond substituents is 1. The second-order valence-corrected chi connectivity index (χ2v) is 14.0. The lowest BCUT2D eigenvalue weighted by atomic mass is 9.57. The minimum absolute atomic E-state index is 0.00208. The number of hydrogen-bond acceptors (Lipinski definition) is 10. The van der Waals surface area contributed by atoms with Crippen LogP contribution >= 0.6 is 22.6 Å². The number of amides is 2. The molecular formula is C32H34IN3O9. The maximum absolute atomic E-state index is 14.0. The standard InChI is InChI=1S/C32H34IN3O9/c1-14(33)13-45-31(43)35-12-15-4-6-16(7-5-15)18-8-9-21(37)23-19(18)10-17-11-20-25(36(2)3)27(39)24(30(34)42)29(41)32(20,44)28(40)22(17)26(23)38/h4-9,14,17,20,25,37-38,41,44H,10-13H2,1-3H3,(H2,34,42)(H,35,43). The number of carbonyl (C=O) groups excluding carboxylic acids is 4. The molecule has 5 unspecified atom stereocenters. The van der Waals surface area contributed by atoms with E-state index in [1.54, 1.807) is 20.2 Å². The molecule has 12 nitrogen and oxygen atoms in total. The molecular weight excluding hydrogens is 697 g/mol. The summed E-state index contributed by atoms with van der Waals surface area (Å²) in [6, 6.07) is 9.24. The van der Waals surface area contributed by atoms with Crippen LogP contribution in [0.4, 0.5) is 4.79 Å². The molecule has 0 saturated heterocycles. The summed E-state index contributed by atoms with van der Waals surface area (Å²) in [6.07, 6.45) is -0.353. The van der Waals surface area contributed by atoms with E-state index in [1.807, 2.05) is 31.2 Å². The molecule has 5 rings (SSSR count). The summed E-state index contributed by atoms with van der Waals surface area (Å²) in [7, 11) is 3.11. The Balaban J connectivity index is 1.53. The van der Waals surface area contributed by atoms with Gasteiger partial charge >= 0.3 is 6.09 Å². The van der Waals surface area contributed by atoms with E-state index in [4.69, 9.17) is 10.5 Å². The first-order chi connectivity index (χ1) is 21.2.